The molecule has 0 saturated carbocycles. The zero-order valence-electron chi connectivity index (χ0n) is 13.5. The van der Waals surface area contributed by atoms with Gasteiger partial charge in [0.2, 0.25) is 11.8 Å². The Hall–Kier alpha value is -1.78. The fourth-order valence-electron chi connectivity index (χ4n) is 1.39. The molecule has 1 heterocycles. The summed E-state index contributed by atoms with van der Waals surface area (Å²) in [6.07, 6.45) is 2.30. The molecule has 1 aliphatic rings. The van der Waals surface area contributed by atoms with Gasteiger partial charge in [-0.15, -0.1) is 0 Å². The predicted molar refractivity (Wildman–Crippen MR) is 85.0 cm³/mol. The van der Waals surface area contributed by atoms with Crippen LogP contribution in [0.5, 0.6) is 0 Å². The molecule has 1 N–H and O–H groups in total. The Morgan fingerprint density at radius 2 is 1.75 bits per heavy atom. The van der Waals surface area contributed by atoms with Crippen molar-refractivity contribution in [3.8, 4) is 0 Å². The first-order valence-electron chi connectivity index (χ1n) is 7.09. The van der Waals surface area contributed by atoms with E-state index >= 15 is 0 Å². The van der Waals surface area contributed by atoms with E-state index in [1.807, 2.05) is 41.5 Å². The molecule has 2 amide bonds. The molecule has 1 unspecified atom stereocenters. The van der Waals surface area contributed by atoms with Crippen molar-refractivity contribution in [1.82, 2.24) is 5.32 Å². The number of hydrogen-bond acceptors (Lipinski definition) is 4. The topological polar surface area (TPSA) is 70.9 Å². The highest BCUT2D eigenvalue weighted by molar-refractivity contribution is 6.14. The van der Waals surface area contributed by atoms with Gasteiger partial charge >= 0.3 is 0 Å². The molecule has 0 spiro atoms. The third-order valence-corrected chi connectivity index (χ3v) is 2.17. The van der Waals surface area contributed by atoms with Crippen LogP contribution in [0.4, 0.5) is 0 Å². The minimum Gasteiger partial charge on any atom is -0.296 e. The number of hydrogen-bond donors (Lipinski definition) is 1. The largest absolute Gasteiger partial charge is 0.296 e. The number of carbonyl (C=O) groups is 2. The van der Waals surface area contributed by atoms with Crippen LogP contribution < -0.4 is 5.32 Å². The van der Waals surface area contributed by atoms with Gasteiger partial charge in [-0.1, -0.05) is 34.3 Å². The smallest absolute Gasteiger partial charge is 0.235 e. The van der Waals surface area contributed by atoms with Crippen LogP contribution in [0.2, 0.25) is 0 Å². The zero-order chi connectivity index (χ0) is 16.1. The van der Waals surface area contributed by atoms with Crippen molar-refractivity contribution in [2.45, 2.75) is 54.4 Å². The SMILES string of the molecule is C=C/C(=N\N=C(C)C)C1CCC(=O)NC1=O.CC.CC. The lowest BCUT2D eigenvalue weighted by molar-refractivity contribution is -0.134. The van der Waals surface area contributed by atoms with E-state index in [1.165, 1.54) is 6.08 Å². The molecule has 1 fully saturated rings. The highest BCUT2D eigenvalue weighted by atomic mass is 16.2. The minimum absolute atomic E-state index is 0.236. The Kier molecular flexibility index (Phi) is 12.6. The Bertz CT molecular complexity index is 381. The van der Waals surface area contributed by atoms with Crippen molar-refractivity contribution in [3.05, 3.63) is 12.7 Å². The molecule has 0 aromatic rings. The van der Waals surface area contributed by atoms with E-state index in [4.69, 9.17) is 0 Å². The average molecular weight is 281 g/mol. The van der Waals surface area contributed by atoms with E-state index in [1.54, 1.807) is 0 Å². The van der Waals surface area contributed by atoms with Gasteiger partial charge < -0.3 is 0 Å². The first-order chi connectivity index (χ1) is 9.54. The second-order valence-electron chi connectivity index (χ2n) is 3.78. The summed E-state index contributed by atoms with van der Waals surface area (Å²) in [5, 5.41) is 10.1. The maximum absolute atomic E-state index is 11.5. The fraction of sp³-hybridized carbons (Fsp3) is 0.600. The van der Waals surface area contributed by atoms with Crippen molar-refractivity contribution >= 4 is 23.2 Å². The Morgan fingerprint density at radius 3 is 2.15 bits per heavy atom. The number of rotatable bonds is 3. The maximum Gasteiger partial charge on any atom is 0.235 e. The Balaban J connectivity index is 0. The van der Waals surface area contributed by atoms with Gasteiger partial charge in [-0.3, -0.25) is 14.9 Å². The molecule has 0 aromatic heterocycles. The predicted octanol–water partition coefficient (Wildman–Crippen LogP) is 3.11. The van der Waals surface area contributed by atoms with Crippen LogP contribution in [0.1, 0.15) is 54.4 Å². The summed E-state index contributed by atoms with van der Waals surface area (Å²) in [7, 11) is 0. The van der Waals surface area contributed by atoms with Crippen LogP contribution in [-0.2, 0) is 9.59 Å². The Morgan fingerprint density at radius 1 is 1.20 bits per heavy atom. The summed E-state index contributed by atoms with van der Waals surface area (Å²) < 4.78 is 0. The summed E-state index contributed by atoms with van der Waals surface area (Å²) >= 11 is 0. The Labute approximate surface area is 122 Å². The number of allylic oxidation sites excluding steroid dienone is 1. The summed E-state index contributed by atoms with van der Waals surface area (Å²) in [6.45, 7) is 15.2. The molecule has 0 aliphatic carbocycles. The van der Waals surface area contributed by atoms with Crippen LogP contribution in [0, 0.1) is 5.92 Å². The van der Waals surface area contributed by atoms with E-state index in [-0.39, 0.29) is 11.8 Å². The monoisotopic (exact) mass is 281 g/mol. The zero-order valence-corrected chi connectivity index (χ0v) is 13.5. The molecule has 1 atom stereocenters. The quantitative estimate of drug-likeness (QED) is 0.490. The summed E-state index contributed by atoms with van der Waals surface area (Å²) in [5.41, 5.74) is 1.30. The van der Waals surface area contributed by atoms with Gasteiger partial charge in [0.1, 0.15) is 0 Å². The maximum atomic E-state index is 11.5. The van der Waals surface area contributed by atoms with Crippen LogP contribution in [-0.4, -0.2) is 23.2 Å². The number of carbonyl (C=O) groups excluding carboxylic acids is 2. The van der Waals surface area contributed by atoms with E-state index in [2.05, 4.69) is 22.1 Å². The third-order valence-electron chi connectivity index (χ3n) is 2.17. The van der Waals surface area contributed by atoms with Crippen LogP contribution in [0.25, 0.3) is 0 Å². The van der Waals surface area contributed by atoms with Gasteiger partial charge in [0.15, 0.2) is 0 Å². The van der Waals surface area contributed by atoms with Crippen molar-refractivity contribution in [3.63, 3.8) is 0 Å². The number of nitrogens with one attached hydrogen (secondary N) is 1. The third kappa shape index (κ3) is 7.61. The van der Waals surface area contributed by atoms with Gasteiger partial charge in [0.05, 0.1) is 11.6 Å². The highest BCUT2D eigenvalue weighted by Crippen LogP contribution is 2.15. The number of piperidine rings is 1. The van der Waals surface area contributed by atoms with Gasteiger partial charge in [0.25, 0.3) is 0 Å². The van der Waals surface area contributed by atoms with Gasteiger partial charge in [-0.05, 0) is 26.3 Å². The van der Waals surface area contributed by atoms with E-state index in [0.717, 1.165) is 5.71 Å². The standard InChI is InChI=1S/C11H15N3O2.2C2H6/c1-4-9(14-13-7(2)3)8-5-6-10(15)12-11(8)16;2*1-2/h4,8H,1,5-6H2,2-3H3,(H,12,15,16);2*1-2H3/b14-9+;;. The number of imide groups is 1. The number of nitrogens with zero attached hydrogens (tertiary/aromatic N) is 2. The van der Waals surface area contributed by atoms with E-state index in [9.17, 15) is 9.59 Å². The van der Waals surface area contributed by atoms with Gasteiger partial charge in [0, 0.05) is 12.1 Å². The molecule has 5 nitrogen and oxygen atoms in total. The highest BCUT2D eigenvalue weighted by Gasteiger charge is 2.29. The minimum atomic E-state index is -0.418. The molecule has 1 saturated heterocycles. The summed E-state index contributed by atoms with van der Waals surface area (Å²) in [5.74, 6) is -0.975. The molecular formula is C15H27N3O2. The van der Waals surface area contributed by atoms with Crippen LogP contribution in [0.3, 0.4) is 0 Å². The molecule has 0 aromatic carbocycles. The molecule has 0 bridgehead atoms. The second-order valence-corrected chi connectivity index (χ2v) is 3.78. The molecule has 1 aliphatic heterocycles. The molecular weight excluding hydrogens is 254 g/mol. The van der Waals surface area contributed by atoms with Crippen molar-refractivity contribution in [2.75, 3.05) is 0 Å². The van der Waals surface area contributed by atoms with Crippen molar-refractivity contribution < 1.29 is 9.59 Å². The first-order valence-corrected chi connectivity index (χ1v) is 7.09. The second kappa shape index (κ2) is 12.3. The van der Waals surface area contributed by atoms with Gasteiger partial charge in [-0.25, -0.2) is 0 Å². The normalized spacial score (nSPS) is 17.7. The summed E-state index contributed by atoms with van der Waals surface area (Å²) in [4.78, 5) is 22.5. The van der Waals surface area contributed by atoms with Gasteiger partial charge in [-0.2, -0.15) is 10.2 Å². The molecule has 114 valence electrons. The fourth-order valence-corrected chi connectivity index (χ4v) is 1.39. The average Bonchev–Trinajstić information content (AvgIpc) is 2.45. The lowest BCUT2D eigenvalue weighted by Crippen LogP contribution is -2.43. The molecule has 1 rings (SSSR count). The molecule has 5 heteroatoms. The molecule has 20 heavy (non-hydrogen) atoms. The first kappa shape index (κ1) is 20.5. The molecule has 0 radical (unpaired) electrons. The van der Waals surface area contributed by atoms with Crippen molar-refractivity contribution in [2.24, 2.45) is 16.1 Å². The lowest BCUT2D eigenvalue weighted by Gasteiger charge is -2.19. The van der Waals surface area contributed by atoms with Crippen LogP contribution in [0.15, 0.2) is 22.9 Å². The van der Waals surface area contributed by atoms with E-state index < -0.39 is 5.92 Å². The number of amides is 2. The summed E-state index contributed by atoms with van der Waals surface area (Å²) in [6, 6.07) is 0. The van der Waals surface area contributed by atoms with Crippen molar-refractivity contribution in [1.29, 1.82) is 0 Å². The lowest BCUT2D eigenvalue weighted by atomic mass is 9.93. The van der Waals surface area contributed by atoms with Crippen LogP contribution >= 0.6 is 0 Å². The van der Waals surface area contributed by atoms with E-state index in [0.29, 0.717) is 18.6 Å².